The SMILES string of the molecule is COc1cccc(/C=C2\SC(=O)N(Cc3ccc(Cl)cc3Cl)C2=O)c1OCc1c(F)cccc1Cl. The molecule has 5 nitrogen and oxygen atoms in total. The number of rotatable bonds is 7. The summed E-state index contributed by atoms with van der Waals surface area (Å²) in [7, 11) is 1.46. The van der Waals surface area contributed by atoms with E-state index >= 15 is 0 Å². The molecule has 2 amide bonds. The van der Waals surface area contributed by atoms with Gasteiger partial charge in [-0.15, -0.1) is 0 Å². The van der Waals surface area contributed by atoms with Crippen molar-refractivity contribution in [3.05, 3.63) is 97.1 Å². The maximum atomic E-state index is 14.2. The first kappa shape index (κ1) is 25.4. The van der Waals surface area contributed by atoms with Crippen LogP contribution in [0.5, 0.6) is 11.5 Å². The minimum Gasteiger partial charge on any atom is -0.493 e. The average molecular weight is 553 g/mol. The van der Waals surface area contributed by atoms with Gasteiger partial charge in [-0.3, -0.25) is 14.5 Å². The summed E-state index contributed by atoms with van der Waals surface area (Å²) in [5.41, 5.74) is 1.25. The lowest BCUT2D eigenvalue weighted by Gasteiger charge is -2.15. The Morgan fingerprint density at radius 1 is 1.03 bits per heavy atom. The summed E-state index contributed by atoms with van der Waals surface area (Å²) in [6.07, 6.45) is 1.54. The molecule has 1 aliphatic rings. The molecule has 0 unspecified atom stereocenters. The van der Waals surface area contributed by atoms with Gasteiger partial charge in [0.05, 0.1) is 23.6 Å². The molecule has 0 saturated carbocycles. The van der Waals surface area contributed by atoms with Crippen molar-refractivity contribution in [2.45, 2.75) is 13.2 Å². The van der Waals surface area contributed by atoms with Crippen molar-refractivity contribution in [1.29, 1.82) is 0 Å². The van der Waals surface area contributed by atoms with Gasteiger partial charge in [-0.25, -0.2) is 4.39 Å². The second-order valence-corrected chi connectivity index (χ2v) is 9.62. The van der Waals surface area contributed by atoms with Gasteiger partial charge in [0, 0.05) is 21.2 Å². The predicted molar refractivity (Wildman–Crippen MR) is 137 cm³/mol. The molecule has 10 heteroatoms. The molecule has 0 aliphatic carbocycles. The molecule has 4 rings (SSSR count). The number of carbonyl (C=O) groups is 2. The summed E-state index contributed by atoms with van der Waals surface area (Å²) in [4.78, 5) is 27.0. The third kappa shape index (κ3) is 5.59. The van der Waals surface area contributed by atoms with Crippen molar-refractivity contribution in [2.75, 3.05) is 7.11 Å². The van der Waals surface area contributed by atoms with Crippen molar-refractivity contribution < 1.29 is 23.5 Å². The van der Waals surface area contributed by atoms with E-state index < -0.39 is 17.0 Å². The number of hydrogen-bond donors (Lipinski definition) is 0. The molecule has 1 aliphatic heterocycles. The second-order valence-electron chi connectivity index (χ2n) is 7.37. The molecule has 0 N–H and O–H groups in total. The molecule has 0 spiro atoms. The Balaban J connectivity index is 1.61. The molecule has 3 aromatic carbocycles. The number of para-hydroxylation sites is 1. The van der Waals surface area contributed by atoms with E-state index in [2.05, 4.69) is 0 Å². The number of ether oxygens (including phenoxy) is 2. The fourth-order valence-electron chi connectivity index (χ4n) is 3.37. The summed E-state index contributed by atoms with van der Waals surface area (Å²) in [5, 5.41) is 0.602. The van der Waals surface area contributed by atoms with Crippen LogP contribution in [0.2, 0.25) is 15.1 Å². The molecular formula is C25H17Cl3FNO4S. The van der Waals surface area contributed by atoms with Gasteiger partial charge in [-0.05, 0) is 53.7 Å². The zero-order chi connectivity index (χ0) is 25.1. The van der Waals surface area contributed by atoms with Crippen LogP contribution >= 0.6 is 46.6 Å². The highest BCUT2D eigenvalue weighted by Crippen LogP contribution is 2.39. The molecule has 3 aromatic rings. The summed E-state index contributed by atoms with van der Waals surface area (Å²) >= 11 is 19.1. The average Bonchev–Trinajstić information content (AvgIpc) is 3.08. The van der Waals surface area contributed by atoms with E-state index in [1.165, 1.54) is 25.3 Å². The lowest BCUT2D eigenvalue weighted by atomic mass is 10.1. The van der Waals surface area contributed by atoms with E-state index in [0.717, 1.165) is 16.7 Å². The molecule has 0 bridgehead atoms. The molecular weight excluding hydrogens is 536 g/mol. The van der Waals surface area contributed by atoms with E-state index in [1.54, 1.807) is 42.5 Å². The number of amides is 2. The van der Waals surface area contributed by atoms with Crippen molar-refractivity contribution >= 4 is 63.8 Å². The lowest BCUT2D eigenvalue weighted by molar-refractivity contribution is -0.123. The van der Waals surface area contributed by atoms with Gasteiger partial charge in [-0.2, -0.15) is 0 Å². The van der Waals surface area contributed by atoms with Crippen LogP contribution in [0.3, 0.4) is 0 Å². The highest BCUT2D eigenvalue weighted by molar-refractivity contribution is 8.18. The highest BCUT2D eigenvalue weighted by Gasteiger charge is 2.35. The first-order valence-electron chi connectivity index (χ1n) is 10.2. The normalized spacial score (nSPS) is 14.7. The number of methoxy groups -OCH3 is 1. The lowest BCUT2D eigenvalue weighted by Crippen LogP contribution is -2.27. The molecule has 1 saturated heterocycles. The minimum absolute atomic E-state index is 0.00522. The Labute approximate surface area is 220 Å². The quantitative estimate of drug-likeness (QED) is 0.282. The van der Waals surface area contributed by atoms with Crippen LogP contribution in [-0.2, 0) is 17.9 Å². The third-order valence-electron chi connectivity index (χ3n) is 5.16. The van der Waals surface area contributed by atoms with Gasteiger partial charge in [0.25, 0.3) is 11.1 Å². The van der Waals surface area contributed by atoms with Gasteiger partial charge in [0.1, 0.15) is 12.4 Å². The summed E-state index contributed by atoms with van der Waals surface area (Å²) in [6, 6.07) is 14.3. The molecule has 180 valence electrons. The fraction of sp³-hybridized carbons (Fsp3) is 0.120. The Bertz CT molecular complexity index is 1330. The zero-order valence-electron chi connectivity index (χ0n) is 18.2. The van der Waals surface area contributed by atoms with E-state index in [9.17, 15) is 14.0 Å². The molecule has 0 radical (unpaired) electrons. The van der Waals surface area contributed by atoms with Crippen molar-refractivity contribution in [2.24, 2.45) is 0 Å². The number of nitrogens with zero attached hydrogens (tertiary/aromatic N) is 1. The van der Waals surface area contributed by atoms with Gasteiger partial charge < -0.3 is 9.47 Å². The largest absolute Gasteiger partial charge is 0.493 e. The van der Waals surface area contributed by atoms with Crippen LogP contribution in [-0.4, -0.2) is 23.2 Å². The molecule has 1 heterocycles. The van der Waals surface area contributed by atoms with Crippen LogP contribution in [0.25, 0.3) is 6.08 Å². The van der Waals surface area contributed by atoms with Gasteiger partial charge >= 0.3 is 0 Å². The fourth-order valence-corrected chi connectivity index (χ4v) is 4.89. The monoisotopic (exact) mass is 551 g/mol. The summed E-state index contributed by atoms with van der Waals surface area (Å²) in [5.74, 6) is -0.326. The van der Waals surface area contributed by atoms with E-state index in [-0.39, 0.29) is 34.4 Å². The number of benzene rings is 3. The summed E-state index contributed by atoms with van der Waals surface area (Å²) in [6.45, 7) is -0.158. The molecule has 0 aromatic heterocycles. The number of hydrogen-bond acceptors (Lipinski definition) is 5. The maximum absolute atomic E-state index is 14.2. The zero-order valence-corrected chi connectivity index (χ0v) is 21.3. The van der Waals surface area contributed by atoms with Gasteiger partial charge in [0.2, 0.25) is 0 Å². The van der Waals surface area contributed by atoms with Gasteiger partial charge in [0.15, 0.2) is 11.5 Å². The smallest absolute Gasteiger partial charge is 0.293 e. The van der Waals surface area contributed by atoms with Crippen molar-refractivity contribution in [1.82, 2.24) is 4.90 Å². The van der Waals surface area contributed by atoms with Crippen LogP contribution < -0.4 is 9.47 Å². The first-order valence-corrected chi connectivity index (χ1v) is 12.2. The number of halogens is 4. The Kier molecular flexibility index (Phi) is 7.91. The minimum atomic E-state index is -0.504. The third-order valence-corrected chi connectivity index (χ3v) is 7.00. The predicted octanol–water partition coefficient (Wildman–Crippen LogP) is 7.61. The van der Waals surface area contributed by atoms with Crippen LogP contribution in [0.4, 0.5) is 9.18 Å². The van der Waals surface area contributed by atoms with Crippen LogP contribution in [0.1, 0.15) is 16.7 Å². The highest BCUT2D eigenvalue weighted by atomic mass is 35.5. The molecule has 35 heavy (non-hydrogen) atoms. The van der Waals surface area contributed by atoms with Gasteiger partial charge in [-0.1, -0.05) is 59.1 Å². The number of thioether (sulfide) groups is 1. The first-order chi connectivity index (χ1) is 16.8. The van der Waals surface area contributed by atoms with E-state index in [1.807, 2.05) is 0 Å². The van der Waals surface area contributed by atoms with Crippen LogP contribution in [0, 0.1) is 5.82 Å². The van der Waals surface area contributed by atoms with E-state index in [4.69, 9.17) is 44.3 Å². The Morgan fingerprint density at radius 2 is 1.80 bits per heavy atom. The topological polar surface area (TPSA) is 55.8 Å². The summed E-state index contributed by atoms with van der Waals surface area (Å²) < 4.78 is 25.5. The Hall–Kier alpha value is -2.71. The number of imide groups is 1. The van der Waals surface area contributed by atoms with Crippen molar-refractivity contribution in [3.63, 3.8) is 0 Å². The van der Waals surface area contributed by atoms with E-state index in [0.29, 0.717) is 26.9 Å². The number of carbonyl (C=O) groups excluding carboxylic acids is 2. The van der Waals surface area contributed by atoms with Crippen molar-refractivity contribution in [3.8, 4) is 11.5 Å². The van der Waals surface area contributed by atoms with Crippen LogP contribution in [0.15, 0.2) is 59.5 Å². The molecule has 0 atom stereocenters. The Morgan fingerprint density at radius 3 is 2.51 bits per heavy atom. The standard InChI is InChI=1S/C25H17Cl3FNO4S/c1-33-21-7-2-4-14(23(21)34-13-17-18(27)5-3-6-20(17)29)10-22-24(31)30(25(32)35-22)12-15-8-9-16(26)11-19(15)28/h2-11H,12-13H2,1H3/b22-10-. The maximum Gasteiger partial charge on any atom is 0.293 e. The second kappa shape index (κ2) is 10.9. The molecule has 1 fully saturated rings.